The summed E-state index contributed by atoms with van der Waals surface area (Å²) in [5.41, 5.74) is 0.832. The van der Waals surface area contributed by atoms with Gasteiger partial charge < -0.3 is 15.0 Å². The average Bonchev–Trinajstić information content (AvgIpc) is 2.96. The second-order valence-electron chi connectivity index (χ2n) is 6.75. The molecule has 2 saturated heterocycles. The SMILES string of the molecule is CC(=O)NCC1CN(c2ccc(N3CCC(=O)C(C)C3)c(F)c2)C(=O)O1. The lowest BCUT2D eigenvalue weighted by molar-refractivity contribution is -0.123. The highest BCUT2D eigenvalue weighted by Crippen LogP contribution is 2.29. The van der Waals surface area contributed by atoms with Crippen LogP contribution in [0.2, 0.25) is 0 Å². The Morgan fingerprint density at radius 2 is 2.12 bits per heavy atom. The first-order chi connectivity index (χ1) is 12.3. The van der Waals surface area contributed by atoms with E-state index in [-0.39, 0.29) is 30.7 Å². The van der Waals surface area contributed by atoms with Gasteiger partial charge in [0.05, 0.1) is 24.5 Å². The van der Waals surface area contributed by atoms with E-state index in [0.717, 1.165) is 0 Å². The minimum atomic E-state index is -0.565. The van der Waals surface area contributed by atoms with Gasteiger partial charge in [-0.3, -0.25) is 14.5 Å². The summed E-state index contributed by atoms with van der Waals surface area (Å²) in [6, 6.07) is 4.60. The molecule has 2 aliphatic rings. The van der Waals surface area contributed by atoms with Crippen LogP contribution in [0.15, 0.2) is 18.2 Å². The Hall–Kier alpha value is -2.64. The van der Waals surface area contributed by atoms with Crippen LogP contribution in [-0.4, -0.2) is 50.1 Å². The van der Waals surface area contributed by atoms with Crippen molar-refractivity contribution in [3.63, 3.8) is 0 Å². The van der Waals surface area contributed by atoms with Crippen LogP contribution in [0.1, 0.15) is 20.3 Å². The van der Waals surface area contributed by atoms with E-state index in [1.807, 2.05) is 11.8 Å². The van der Waals surface area contributed by atoms with Crippen molar-refractivity contribution in [1.29, 1.82) is 0 Å². The smallest absolute Gasteiger partial charge is 0.414 e. The van der Waals surface area contributed by atoms with Crippen molar-refractivity contribution in [2.24, 2.45) is 5.92 Å². The normalized spacial score (nSPS) is 23.2. The first-order valence-electron chi connectivity index (χ1n) is 8.65. The number of rotatable bonds is 4. The maximum absolute atomic E-state index is 14.6. The molecule has 0 radical (unpaired) electrons. The quantitative estimate of drug-likeness (QED) is 0.881. The minimum Gasteiger partial charge on any atom is -0.442 e. The van der Waals surface area contributed by atoms with Crippen LogP contribution in [-0.2, 0) is 14.3 Å². The molecule has 0 saturated carbocycles. The summed E-state index contributed by atoms with van der Waals surface area (Å²) in [7, 11) is 0. The van der Waals surface area contributed by atoms with Gasteiger partial charge in [-0.25, -0.2) is 9.18 Å². The van der Waals surface area contributed by atoms with E-state index in [2.05, 4.69) is 5.32 Å². The Morgan fingerprint density at radius 1 is 1.35 bits per heavy atom. The van der Waals surface area contributed by atoms with Crippen molar-refractivity contribution in [3.8, 4) is 0 Å². The summed E-state index contributed by atoms with van der Waals surface area (Å²) in [5.74, 6) is -0.569. The van der Waals surface area contributed by atoms with Gasteiger partial charge in [-0.2, -0.15) is 0 Å². The molecule has 0 aromatic heterocycles. The molecule has 2 heterocycles. The molecule has 2 atom stereocenters. The summed E-state index contributed by atoms with van der Waals surface area (Å²) in [6.07, 6.45) is -0.626. The van der Waals surface area contributed by atoms with Crippen LogP contribution in [0.3, 0.4) is 0 Å². The van der Waals surface area contributed by atoms with E-state index in [1.54, 1.807) is 12.1 Å². The molecule has 2 aliphatic heterocycles. The first kappa shape index (κ1) is 18.2. The summed E-state index contributed by atoms with van der Waals surface area (Å²) >= 11 is 0. The Bertz CT molecular complexity index is 739. The molecule has 7 nitrogen and oxygen atoms in total. The van der Waals surface area contributed by atoms with Gasteiger partial charge >= 0.3 is 6.09 Å². The summed E-state index contributed by atoms with van der Waals surface area (Å²) < 4.78 is 19.8. The molecule has 3 rings (SSSR count). The van der Waals surface area contributed by atoms with E-state index in [9.17, 15) is 18.8 Å². The number of piperidine rings is 1. The Kier molecular flexibility index (Phi) is 5.11. The predicted molar refractivity (Wildman–Crippen MR) is 93.7 cm³/mol. The average molecular weight is 363 g/mol. The number of hydrogen-bond acceptors (Lipinski definition) is 5. The molecule has 2 fully saturated rings. The highest BCUT2D eigenvalue weighted by molar-refractivity contribution is 5.90. The molecular formula is C18H22FN3O4. The van der Waals surface area contributed by atoms with E-state index in [0.29, 0.717) is 30.9 Å². The van der Waals surface area contributed by atoms with Gasteiger partial charge in [0.2, 0.25) is 5.91 Å². The standard InChI is InChI=1S/C18H22FN3O4/c1-11-9-21(6-5-17(11)24)16-4-3-13(7-15(16)19)22-10-14(26-18(22)25)8-20-12(2)23/h3-4,7,11,14H,5-6,8-10H2,1-2H3,(H,20,23). The molecular weight excluding hydrogens is 341 g/mol. The van der Waals surface area contributed by atoms with Gasteiger partial charge in [0.25, 0.3) is 0 Å². The van der Waals surface area contributed by atoms with Crippen molar-refractivity contribution >= 4 is 29.2 Å². The lowest BCUT2D eigenvalue weighted by atomic mass is 9.98. The molecule has 1 aromatic carbocycles. The molecule has 0 spiro atoms. The van der Waals surface area contributed by atoms with Crippen LogP contribution in [0, 0.1) is 11.7 Å². The Morgan fingerprint density at radius 3 is 2.77 bits per heavy atom. The Labute approximate surface area is 151 Å². The number of hydrogen-bond donors (Lipinski definition) is 1. The topological polar surface area (TPSA) is 79.0 Å². The van der Waals surface area contributed by atoms with Gasteiger partial charge in [-0.15, -0.1) is 0 Å². The van der Waals surface area contributed by atoms with Crippen LogP contribution in [0.25, 0.3) is 0 Å². The molecule has 2 unspecified atom stereocenters. The van der Waals surface area contributed by atoms with Crippen LogP contribution in [0.5, 0.6) is 0 Å². The molecule has 140 valence electrons. The fourth-order valence-corrected chi connectivity index (χ4v) is 3.25. The zero-order valence-corrected chi connectivity index (χ0v) is 14.8. The van der Waals surface area contributed by atoms with Gasteiger partial charge in [0, 0.05) is 32.4 Å². The van der Waals surface area contributed by atoms with E-state index < -0.39 is 18.0 Å². The third kappa shape index (κ3) is 3.79. The molecule has 0 aliphatic carbocycles. The number of nitrogens with one attached hydrogen (secondary N) is 1. The van der Waals surface area contributed by atoms with E-state index >= 15 is 0 Å². The predicted octanol–water partition coefficient (Wildman–Crippen LogP) is 1.70. The third-order valence-corrected chi connectivity index (χ3v) is 4.71. The van der Waals surface area contributed by atoms with Crippen molar-refractivity contribution in [3.05, 3.63) is 24.0 Å². The zero-order chi connectivity index (χ0) is 18.8. The highest BCUT2D eigenvalue weighted by Gasteiger charge is 2.33. The van der Waals surface area contributed by atoms with Gasteiger partial charge in [0.15, 0.2) is 0 Å². The number of ketones is 1. The fraction of sp³-hybridized carbons (Fsp3) is 0.500. The number of cyclic esters (lactones) is 1. The second kappa shape index (κ2) is 7.31. The molecule has 0 bridgehead atoms. The molecule has 2 amide bonds. The number of halogens is 1. The third-order valence-electron chi connectivity index (χ3n) is 4.71. The fourth-order valence-electron chi connectivity index (χ4n) is 3.25. The van der Waals surface area contributed by atoms with Crippen LogP contribution in [0.4, 0.5) is 20.6 Å². The monoisotopic (exact) mass is 363 g/mol. The lowest BCUT2D eigenvalue weighted by Crippen LogP contribution is -2.40. The van der Waals surface area contributed by atoms with Gasteiger partial charge in [-0.1, -0.05) is 6.92 Å². The number of carbonyl (C=O) groups is 3. The van der Waals surface area contributed by atoms with Crippen molar-refractivity contribution in [2.75, 3.05) is 36.0 Å². The molecule has 8 heteroatoms. The van der Waals surface area contributed by atoms with Gasteiger partial charge in [0.1, 0.15) is 17.7 Å². The number of amides is 2. The number of anilines is 2. The van der Waals surface area contributed by atoms with E-state index in [4.69, 9.17) is 4.74 Å². The molecule has 1 aromatic rings. The van der Waals surface area contributed by atoms with Crippen molar-refractivity contribution in [2.45, 2.75) is 26.4 Å². The van der Waals surface area contributed by atoms with Crippen molar-refractivity contribution < 1.29 is 23.5 Å². The Balaban J connectivity index is 1.70. The number of nitrogens with zero attached hydrogens (tertiary/aromatic N) is 2. The second-order valence-corrected chi connectivity index (χ2v) is 6.75. The van der Waals surface area contributed by atoms with Gasteiger partial charge in [-0.05, 0) is 18.2 Å². The summed E-state index contributed by atoms with van der Waals surface area (Å²) in [4.78, 5) is 37.8. The number of benzene rings is 1. The maximum Gasteiger partial charge on any atom is 0.414 e. The molecule has 26 heavy (non-hydrogen) atoms. The highest BCUT2D eigenvalue weighted by atomic mass is 19.1. The number of Topliss-reactive ketones (excluding diaryl/α,β-unsaturated/α-hetero) is 1. The summed E-state index contributed by atoms with van der Waals surface area (Å²) in [6.45, 7) is 4.67. The minimum absolute atomic E-state index is 0.120. The van der Waals surface area contributed by atoms with Crippen molar-refractivity contribution in [1.82, 2.24) is 5.32 Å². The summed E-state index contributed by atoms with van der Waals surface area (Å²) in [5, 5.41) is 2.60. The first-order valence-corrected chi connectivity index (χ1v) is 8.65. The van der Waals surface area contributed by atoms with E-state index in [1.165, 1.54) is 17.9 Å². The van der Waals surface area contributed by atoms with Crippen LogP contribution >= 0.6 is 0 Å². The lowest BCUT2D eigenvalue weighted by Gasteiger charge is -2.32. The number of carbonyl (C=O) groups excluding carboxylic acids is 3. The van der Waals surface area contributed by atoms with Crippen LogP contribution < -0.4 is 15.1 Å². The molecule has 1 N–H and O–H groups in total. The largest absolute Gasteiger partial charge is 0.442 e. The maximum atomic E-state index is 14.6. The number of ether oxygens (including phenoxy) is 1. The zero-order valence-electron chi connectivity index (χ0n) is 14.8.